The fourth-order valence-electron chi connectivity index (χ4n) is 1.43. The van der Waals surface area contributed by atoms with Crippen LogP contribution in [0.25, 0.3) is 0 Å². The zero-order valence-electron chi connectivity index (χ0n) is 11.4. The Morgan fingerprint density at radius 1 is 1.05 bits per heavy atom. The molecular formula is C13H18ClO4P. The smallest absolute Gasteiger partial charge is 0.300 e. The summed E-state index contributed by atoms with van der Waals surface area (Å²) in [5.74, 6) is 0. The van der Waals surface area contributed by atoms with Gasteiger partial charge in [-0.25, -0.2) is 0 Å². The molecule has 0 saturated carbocycles. The fourth-order valence-corrected chi connectivity index (χ4v) is 3.37. The Kier molecular flexibility index (Phi) is 5.75. The third-order valence-corrected chi connectivity index (χ3v) is 4.45. The second-order valence-corrected chi connectivity index (χ2v) is 6.88. The minimum absolute atomic E-state index is 0.258. The molecule has 106 valence electrons. The van der Waals surface area contributed by atoms with Crippen molar-refractivity contribution in [1.29, 1.82) is 0 Å². The Labute approximate surface area is 118 Å². The molecule has 0 spiro atoms. The van der Waals surface area contributed by atoms with Crippen LogP contribution < -0.4 is 0 Å². The molecule has 1 rings (SSSR count). The molecule has 0 radical (unpaired) electrons. The normalized spacial score (nSPS) is 12.2. The highest BCUT2D eigenvalue weighted by atomic mass is 35.5. The quantitative estimate of drug-likeness (QED) is 0.725. The Morgan fingerprint density at radius 2 is 1.47 bits per heavy atom. The lowest BCUT2D eigenvalue weighted by atomic mass is 10.2. The summed E-state index contributed by atoms with van der Waals surface area (Å²) in [6, 6.07) is 6.13. The van der Waals surface area contributed by atoms with E-state index < -0.39 is 13.1 Å². The number of hydrogen-bond donors (Lipinski definition) is 0. The van der Waals surface area contributed by atoms with Gasteiger partial charge < -0.3 is 9.05 Å². The number of halogens is 1. The van der Waals surface area contributed by atoms with Gasteiger partial charge in [0.2, 0.25) is 0 Å². The average molecular weight is 305 g/mol. The molecule has 1 aromatic carbocycles. The SMILES string of the molecule is CC(C)OP(=O)(OC(C)C)C(=O)c1ccc(Cl)cc1. The highest BCUT2D eigenvalue weighted by molar-refractivity contribution is 7.72. The van der Waals surface area contributed by atoms with E-state index in [4.69, 9.17) is 20.6 Å². The standard InChI is InChI=1S/C13H18ClO4P/c1-9(2)17-19(16,18-10(3)4)13(15)11-5-7-12(14)8-6-11/h5-10H,1-4H3. The van der Waals surface area contributed by atoms with Crippen molar-refractivity contribution in [2.75, 3.05) is 0 Å². The summed E-state index contributed by atoms with van der Waals surface area (Å²) in [6.45, 7) is 6.80. The lowest BCUT2D eigenvalue weighted by Crippen LogP contribution is -2.14. The van der Waals surface area contributed by atoms with Gasteiger partial charge in [-0.15, -0.1) is 0 Å². The van der Waals surface area contributed by atoms with E-state index in [1.54, 1.807) is 39.8 Å². The van der Waals surface area contributed by atoms with Crippen molar-refractivity contribution in [1.82, 2.24) is 0 Å². The van der Waals surface area contributed by atoms with Crippen LogP contribution in [-0.2, 0) is 13.6 Å². The first kappa shape index (κ1) is 16.4. The van der Waals surface area contributed by atoms with Crippen molar-refractivity contribution in [2.24, 2.45) is 0 Å². The molecule has 0 bridgehead atoms. The predicted molar refractivity (Wildman–Crippen MR) is 75.8 cm³/mol. The second-order valence-electron chi connectivity index (χ2n) is 4.62. The predicted octanol–water partition coefficient (Wildman–Crippen LogP) is 4.52. The average Bonchev–Trinajstić information content (AvgIpc) is 2.26. The van der Waals surface area contributed by atoms with Gasteiger partial charge in [0.1, 0.15) is 0 Å². The summed E-state index contributed by atoms with van der Waals surface area (Å²) < 4.78 is 23.1. The lowest BCUT2D eigenvalue weighted by molar-refractivity contribution is 0.0924. The first-order valence-electron chi connectivity index (χ1n) is 6.02. The minimum Gasteiger partial charge on any atom is -0.300 e. The van der Waals surface area contributed by atoms with Gasteiger partial charge in [-0.05, 0) is 52.0 Å². The molecule has 1 aromatic rings. The Balaban J connectivity index is 3.07. The molecule has 0 unspecified atom stereocenters. The zero-order valence-corrected chi connectivity index (χ0v) is 13.1. The van der Waals surface area contributed by atoms with E-state index in [0.29, 0.717) is 5.02 Å². The van der Waals surface area contributed by atoms with Crippen LogP contribution in [0.15, 0.2) is 24.3 Å². The summed E-state index contributed by atoms with van der Waals surface area (Å²) >= 11 is 5.76. The maximum Gasteiger partial charge on any atom is 0.402 e. The fraction of sp³-hybridized carbons (Fsp3) is 0.462. The van der Waals surface area contributed by atoms with Gasteiger partial charge in [-0.3, -0.25) is 9.36 Å². The van der Waals surface area contributed by atoms with Crippen LogP contribution in [-0.4, -0.2) is 17.7 Å². The Hall–Kier alpha value is -0.670. The van der Waals surface area contributed by atoms with Gasteiger partial charge >= 0.3 is 7.60 Å². The van der Waals surface area contributed by atoms with Crippen LogP contribution >= 0.6 is 19.2 Å². The van der Waals surface area contributed by atoms with E-state index in [2.05, 4.69) is 0 Å². The number of benzene rings is 1. The third kappa shape index (κ3) is 4.73. The van der Waals surface area contributed by atoms with Crippen LogP contribution in [0.5, 0.6) is 0 Å². The van der Waals surface area contributed by atoms with Gasteiger partial charge in [0.05, 0.1) is 12.2 Å². The number of rotatable bonds is 6. The van der Waals surface area contributed by atoms with Crippen molar-refractivity contribution in [2.45, 2.75) is 39.9 Å². The maximum absolute atomic E-state index is 12.6. The largest absolute Gasteiger partial charge is 0.402 e. The molecule has 0 aliphatic heterocycles. The van der Waals surface area contributed by atoms with Crippen molar-refractivity contribution >= 4 is 24.7 Å². The van der Waals surface area contributed by atoms with Gasteiger partial charge in [0.25, 0.3) is 5.52 Å². The van der Waals surface area contributed by atoms with Crippen molar-refractivity contribution in [3.8, 4) is 0 Å². The molecule has 19 heavy (non-hydrogen) atoms. The highest BCUT2D eigenvalue weighted by Gasteiger charge is 2.37. The van der Waals surface area contributed by atoms with Crippen LogP contribution in [0.1, 0.15) is 38.1 Å². The summed E-state index contributed by atoms with van der Waals surface area (Å²) in [5.41, 5.74) is -0.388. The lowest BCUT2D eigenvalue weighted by Gasteiger charge is -2.21. The molecule has 6 heteroatoms. The minimum atomic E-state index is -3.84. The summed E-state index contributed by atoms with van der Waals surface area (Å²) in [5, 5.41) is 0.501. The van der Waals surface area contributed by atoms with Gasteiger partial charge in [0.15, 0.2) is 0 Å². The zero-order chi connectivity index (χ0) is 14.6. The molecule has 0 aliphatic carbocycles. The van der Waals surface area contributed by atoms with E-state index in [-0.39, 0.29) is 17.8 Å². The molecule has 0 aliphatic rings. The van der Waals surface area contributed by atoms with E-state index in [9.17, 15) is 9.36 Å². The third-order valence-electron chi connectivity index (χ3n) is 2.04. The van der Waals surface area contributed by atoms with Crippen LogP contribution in [0.4, 0.5) is 0 Å². The Morgan fingerprint density at radius 3 is 1.84 bits per heavy atom. The van der Waals surface area contributed by atoms with Crippen LogP contribution in [0.3, 0.4) is 0 Å². The van der Waals surface area contributed by atoms with Gasteiger partial charge in [-0.1, -0.05) is 11.6 Å². The molecular weight excluding hydrogens is 287 g/mol. The van der Waals surface area contributed by atoms with E-state index in [1.807, 2.05) is 0 Å². The molecule has 0 N–H and O–H groups in total. The summed E-state index contributed by atoms with van der Waals surface area (Å²) in [4.78, 5) is 12.3. The number of carbonyl (C=O) groups excluding carboxylic acids is 1. The molecule has 4 nitrogen and oxygen atoms in total. The topological polar surface area (TPSA) is 52.6 Å². The van der Waals surface area contributed by atoms with Gasteiger partial charge in [-0.2, -0.15) is 0 Å². The molecule has 0 aromatic heterocycles. The molecule has 0 saturated heterocycles. The van der Waals surface area contributed by atoms with Crippen molar-refractivity contribution in [3.05, 3.63) is 34.9 Å². The first-order valence-corrected chi connectivity index (χ1v) is 7.94. The molecule has 0 amide bonds. The Bertz CT molecular complexity index is 468. The first-order chi connectivity index (χ1) is 8.74. The second kappa shape index (κ2) is 6.67. The van der Waals surface area contributed by atoms with Crippen molar-refractivity contribution < 1.29 is 18.4 Å². The number of hydrogen-bond acceptors (Lipinski definition) is 4. The van der Waals surface area contributed by atoms with Crippen molar-refractivity contribution in [3.63, 3.8) is 0 Å². The number of carbonyl (C=O) groups is 1. The molecule has 0 heterocycles. The van der Waals surface area contributed by atoms with Crippen LogP contribution in [0, 0.1) is 0 Å². The summed E-state index contributed by atoms with van der Waals surface area (Å²) in [7, 11) is -3.84. The maximum atomic E-state index is 12.6. The van der Waals surface area contributed by atoms with E-state index >= 15 is 0 Å². The van der Waals surface area contributed by atoms with Gasteiger partial charge in [0, 0.05) is 10.6 Å². The molecule has 0 fully saturated rings. The van der Waals surface area contributed by atoms with Crippen LogP contribution in [0.2, 0.25) is 5.02 Å². The molecule has 0 atom stereocenters. The monoisotopic (exact) mass is 304 g/mol. The van der Waals surface area contributed by atoms with E-state index in [0.717, 1.165) is 0 Å². The van der Waals surface area contributed by atoms with E-state index in [1.165, 1.54) is 12.1 Å². The highest BCUT2D eigenvalue weighted by Crippen LogP contribution is 2.53. The summed E-state index contributed by atoms with van der Waals surface area (Å²) in [6.07, 6.45) is -0.748.